The summed E-state index contributed by atoms with van der Waals surface area (Å²) in [6, 6.07) is 0.308. The lowest BCUT2D eigenvalue weighted by Crippen LogP contribution is -2.45. The number of nitrogens with one attached hydrogen (secondary N) is 2. The van der Waals surface area contributed by atoms with Crippen LogP contribution in [0.15, 0.2) is 6.07 Å². The van der Waals surface area contributed by atoms with Gasteiger partial charge in [0.15, 0.2) is 11.6 Å². The summed E-state index contributed by atoms with van der Waals surface area (Å²) < 4.78 is 19.3. The first-order valence-electron chi connectivity index (χ1n) is 9.90. The minimum Gasteiger partial charge on any atom is -0.462 e. The molecule has 0 spiro atoms. The quantitative estimate of drug-likeness (QED) is 0.493. The summed E-state index contributed by atoms with van der Waals surface area (Å²) in [7, 11) is 0. The number of amides is 1. The molecule has 2 rings (SSSR count). The first-order chi connectivity index (χ1) is 13.3. The molecule has 1 aromatic rings. The van der Waals surface area contributed by atoms with Crippen molar-refractivity contribution in [1.82, 2.24) is 10.3 Å². The molecular weight excluding hydrogens is 385 g/mol. The van der Waals surface area contributed by atoms with E-state index in [0.29, 0.717) is 12.5 Å². The van der Waals surface area contributed by atoms with Crippen molar-refractivity contribution in [2.45, 2.75) is 58.9 Å². The highest BCUT2D eigenvalue weighted by Gasteiger charge is 2.26. The second kappa shape index (κ2) is 10.6. The molecule has 1 aromatic heterocycles. The van der Waals surface area contributed by atoms with Crippen molar-refractivity contribution >= 4 is 29.3 Å². The van der Waals surface area contributed by atoms with E-state index in [-0.39, 0.29) is 35.0 Å². The Labute approximate surface area is 170 Å². The van der Waals surface area contributed by atoms with Crippen LogP contribution in [0.5, 0.6) is 0 Å². The molecule has 1 heterocycles. The highest BCUT2D eigenvalue weighted by atomic mass is 35.5. The van der Waals surface area contributed by atoms with Gasteiger partial charge in [-0.25, -0.2) is 14.2 Å². The van der Waals surface area contributed by atoms with Gasteiger partial charge in [-0.2, -0.15) is 0 Å². The van der Waals surface area contributed by atoms with Crippen molar-refractivity contribution in [2.75, 3.05) is 18.5 Å². The molecule has 1 saturated carbocycles. The van der Waals surface area contributed by atoms with Gasteiger partial charge in [-0.15, -0.1) is 0 Å². The molecule has 0 unspecified atom stereocenters. The standard InChI is InChI=1S/C20H29ClFN3O3/c1-4-28-20(27)14-10-15(22)18(25-17(14)21)24-16(12(2)3)19(26)23-11-13-8-6-5-7-9-13/h10,12-13,16H,4-9,11H2,1-3H3,(H,23,26)(H,24,25)/t16-/m1/s1. The number of carbonyl (C=O) groups is 2. The monoisotopic (exact) mass is 413 g/mol. The zero-order valence-corrected chi connectivity index (χ0v) is 17.4. The molecule has 0 aromatic carbocycles. The Morgan fingerprint density at radius 1 is 1.32 bits per heavy atom. The second-order valence-corrected chi connectivity index (χ2v) is 7.85. The summed E-state index contributed by atoms with van der Waals surface area (Å²) in [4.78, 5) is 28.4. The van der Waals surface area contributed by atoms with Crippen LogP contribution in [0, 0.1) is 17.7 Å². The van der Waals surface area contributed by atoms with Crippen molar-refractivity contribution in [2.24, 2.45) is 11.8 Å². The molecule has 0 aliphatic heterocycles. The van der Waals surface area contributed by atoms with Crippen molar-refractivity contribution in [3.63, 3.8) is 0 Å². The van der Waals surface area contributed by atoms with Crippen LogP contribution in [0.2, 0.25) is 5.15 Å². The molecule has 6 nitrogen and oxygen atoms in total. The predicted octanol–water partition coefficient (Wildman–Crippen LogP) is 4.18. The number of halogens is 2. The fourth-order valence-electron chi connectivity index (χ4n) is 3.35. The molecule has 1 aliphatic rings. The Morgan fingerprint density at radius 2 is 2.00 bits per heavy atom. The van der Waals surface area contributed by atoms with Gasteiger partial charge in [-0.3, -0.25) is 4.79 Å². The summed E-state index contributed by atoms with van der Waals surface area (Å²) in [5, 5.41) is 5.64. The van der Waals surface area contributed by atoms with Crippen molar-refractivity contribution in [1.29, 1.82) is 0 Å². The fraction of sp³-hybridized carbons (Fsp3) is 0.650. The van der Waals surface area contributed by atoms with Gasteiger partial charge in [-0.1, -0.05) is 44.7 Å². The summed E-state index contributed by atoms with van der Waals surface area (Å²) >= 11 is 6.02. The number of nitrogens with zero attached hydrogens (tertiary/aromatic N) is 1. The summed E-state index contributed by atoms with van der Waals surface area (Å²) in [5.41, 5.74) is -0.144. The van der Waals surface area contributed by atoms with Gasteiger partial charge in [0, 0.05) is 6.54 Å². The maximum absolute atomic E-state index is 14.5. The van der Waals surface area contributed by atoms with Crippen molar-refractivity contribution < 1.29 is 18.7 Å². The molecule has 1 aliphatic carbocycles. The number of esters is 1. The van der Waals surface area contributed by atoms with Crippen LogP contribution in [-0.2, 0) is 9.53 Å². The van der Waals surface area contributed by atoms with Crippen LogP contribution in [0.25, 0.3) is 0 Å². The third-order valence-corrected chi connectivity index (χ3v) is 5.24. The number of carbonyl (C=O) groups excluding carboxylic acids is 2. The molecule has 0 saturated heterocycles. The second-order valence-electron chi connectivity index (χ2n) is 7.49. The third kappa shape index (κ3) is 6.06. The Kier molecular flexibility index (Phi) is 8.48. The third-order valence-electron chi connectivity index (χ3n) is 4.96. The smallest absolute Gasteiger partial charge is 0.341 e. The lowest BCUT2D eigenvalue weighted by molar-refractivity contribution is -0.122. The highest BCUT2D eigenvalue weighted by Crippen LogP contribution is 2.24. The first-order valence-corrected chi connectivity index (χ1v) is 10.3. The van der Waals surface area contributed by atoms with E-state index < -0.39 is 17.8 Å². The molecule has 28 heavy (non-hydrogen) atoms. The summed E-state index contributed by atoms with van der Waals surface area (Å²) in [6.07, 6.45) is 5.91. The molecule has 156 valence electrons. The predicted molar refractivity (Wildman–Crippen MR) is 107 cm³/mol. The van der Waals surface area contributed by atoms with E-state index in [0.717, 1.165) is 18.9 Å². The van der Waals surface area contributed by atoms with E-state index >= 15 is 0 Å². The molecule has 1 atom stereocenters. The number of ether oxygens (including phenoxy) is 1. The van der Waals surface area contributed by atoms with E-state index in [1.54, 1.807) is 6.92 Å². The van der Waals surface area contributed by atoms with Gasteiger partial charge in [0.05, 0.1) is 6.61 Å². The molecule has 1 amide bonds. The number of hydrogen-bond acceptors (Lipinski definition) is 5. The Balaban J connectivity index is 2.07. The van der Waals surface area contributed by atoms with Gasteiger partial charge in [0.25, 0.3) is 0 Å². The van der Waals surface area contributed by atoms with Gasteiger partial charge >= 0.3 is 5.97 Å². The van der Waals surface area contributed by atoms with Crippen molar-refractivity contribution in [3.05, 3.63) is 22.6 Å². The topological polar surface area (TPSA) is 80.3 Å². The fourth-order valence-corrected chi connectivity index (χ4v) is 3.56. The number of pyridine rings is 1. The van der Waals surface area contributed by atoms with E-state index in [1.165, 1.54) is 19.3 Å². The number of anilines is 1. The first kappa shape index (κ1) is 22.4. The van der Waals surface area contributed by atoms with Gasteiger partial charge in [-0.05, 0) is 37.7 Å². The minimum atomic E-state index is -0.766. The van der Waals surface area contributed by atoms with E-state index in [4.69, 9.17) is 16.3 Å². The molecule has 8 heteroatoms. The summed E-state index contributed by atoms with van der Waals surface area (Å²) in [5.74, 6) is -1.47. The maximum atomic E-state index is 14.5. The SMILES string of the molecule is CCOC(=O)c1cc(F)c(N[C@@H](C(=O)NCC2CCCCC2)C(C)C)nc1Cl. The number of aromatic nitrogens is 1. The van der Waals surface area contributed by atoms with Crippen LogP contribution in [0.1, 0.15) is 63.2 Å². The summed E-state index contributed by atoms with van der Waals surface area (Å²) in [6.45, 7) is 6.15. The molecular formula is C20H29ClFN3O3. The van der Waals surface area contributed by atoms with Crippen LogP contribution < -0.4 is 10.6 Å². The average Bonchev–Trinajstić information content (AvgIpc) is 2.67. The number of hydrogen-bond donors (Lipinski definition) is 2. The molecule has 1 fully saturated rings. The largest absolute Gasteiger partial charge is 0.462 e. The molecule has 0 bridgehead atoms. The van der Waals surface area contributed by atoms with Crippen LogP contribution in [0.3, 0.4) is 0 Å². The average molecular weight is 414 g/mol. The minimum absolute atomic E-state index is 0.101. The van der Waals surface area contributed by atoms with Crippen LogP contribution >= 0.6 is 11.6 Å². The van der Waals surface area contributed by atoms with Crippen molar-refractivity contribution in [3.8, 4) is 0 Å². The molecule has 0 radical (unpaired) electrons. The van der Waals surface area contributed by atoms with E-state index in [1.807, 2.05) is 13.8 Å². The Bertz CT molecular complexity index is 694. The van der Waals surface area contributed by atoms with E-state index in [2.05, 4.69) is 15.6 Å². The van der Waals surface area contributed by atoms with Gasteiger partial charge in [0.2, 0.25) is 5.91 Å². The lowest BCUT2D eigenvalue weighted by atomic mass is 9.89. The van der Waals surface area contributed by atoms with Gasteiger partial charge < -0.3 is 15.4 Å². The number of rotatable bonds is 8. The lowest BCUT2D eigenvalue weighted by Gasteiger charge is -2.26. The normalized spacial score (nSPS) is 15.9. The van der Waals surface area contributed by atoms with Crippen LogP contribution in [-0.4, -0.2) is 36.1 Å². The van der Waals surface area contributed by atoms with E-state index in [9.17, 15) is 14.0 Å². The maximum Gasteiger partial charge on any atom is 0.341 e. The zero-order valence-electron chi connectivity index (χ0n) is 16.7. The van der Waals surface area contributed by atoms with Crippen LogP contribution in [0.4, 0.5) is 10.2 Å². The Hall–Kier alpha value is -1.89. The zero-order chi connectivity index (χ0) is 20.7. The highest BCUT2D eigenvalue weighted by molar-refractivity contribution is 6.32. The van der Waals surface area contributed by atoms with Gasteiger partial charge in [0.1, 0.15) is 16.8 Å². The molecule has 2 N–H and O–H groups in total. The Morgan fingerprint density at radius 3 is 2.61 bits per heavy atom.